The second kappa shape index (κ2) is 6.20. The lowest BCUT2D eigenvalue weighted by Gasteiger charge is -2.18. The predicted molar refractivity (Wildman–Crippen MR) is 75.0 cm³/mol. The number of rotatable bonds is 3. The van der Waals surface area contributed by atoms with E-state index in [9.17, 15) is 8.42 Å². The molecule has 1 aromatic rings. The Balaban J connectivity index is 2.96. The number of benzene rings is 1. The predicted octanol–water partition coefficient (Wildman–Crippen LogP) is 1.35. The van der Waals surface area contributed by atoms with Crippen LogP contribution in [-0.4, -0.2) is 26.7 Å². The van der Waals surface area contributed by atoms with Gasteiger partial charge in [-0.1, -0.05) is 38.7 Å². The average molecular weight is 281 g/mol. The van der Waals surface area contributed by atoms with Crippen LogP contribution in [0.3, 0.4) is 0 Å². The molecular weight excluding hydrogens is 262 g/mol. The van der Waals surface area contributed by atoms with Crippen molar-refractivity contribution in [3.05, 3.63) is 29.8 Å². The fourth-order valence-electron chi connectivity index (χ4n) is 1.28. The van der Waals surface area contributed by atoms with Crippen molar-refractivity contribution in [1.29, 1.82) is 0 Å². The number of hydrogen-bond acceptors (Lipinski definition) is 3. The maximum Gasteiger partial charge on any atom is 0.240 e. The van der Waals surface area contributed by atoms with E-state index in [1.54, 1.807) is 12.1 Å². The molecule has 0 fully saturated rings. The summed E-state index contributed by atoms with van der Waals surface area (Å²) in [6, 6.07) is 6.35. The summed E-state index contributed by atoms with van der Waals surface area (Å²) in [6.45, 7) is 5.98. The van der Waals surface area contributed by atoms with Gasteiger partial charge >= 0.3 is 0 Å². The van der Waals surface area contributed by atoms with Crippen LogP contribution in [0.25, 0.3) is 0 Å². The van der Waals surface area contributed by atoms with E-state index in [1.807, 2.05) is 20.8 Å². The van der Waals surface area contributed by atoms with E-state index in [0.29, 0.717) is 12.1 Å². The maximum absolute atomic E-state index is 12.1. The average Bonchev–Trinajstić information content (AvgIpc) is 2.34. The Hall–Kier alpha value is -1.35. The first-order valence-electron chi connectivity index (χ1n) is 5.94. The second-order valence-electron chi connectivity index (χ2n) is 5.37. The van der Waals surface area contributed by atoms with Crippen LogP contribution in [0, 0.1) is 17.3 Å². The first kappa shape index (κ1) is 15.7. The third kappa shape index (κ3) is 5.43. The van der Waals surface area contributed by atoms with Crippen molar-refractivity contribution >= 4 is 10.0 Å². The van der Waals surface area contributed by atoms with Crippen LogP contribution in [0.4, 0.5) is 0 Å². The minimum Gasteiger partial charge on any atom is -0.384 e. The smallest absolute Gasteiger partial charge is 0.240 e. The molecule has 0 amide bonds. The first-order chi connectivity index (χ1) is 8.74. The molecule has 5 heteroatoms. The van der Waals surface area contributed by atoms with E-state index >= 15 is 0 Å². The molecule has 0 aliphatic carbocycles. The van der Waals surface area contributed by atoms with Gasteiger partial charge in [-0.15, -0.1) is 0 Å². The van der Waals surface area contributed by atoms with E-state index in [0.717, 1.165) is 0 Å². The summed E-state index contributed by atoms with van der Waals surface area (Å²) in [5.74, 6) is 5.18. The third-order valence-corrected chi connectivity index (χ3v) is 3.65. The Kier molecular flexibility index (Phi) is 5.12. The Morgan fingerprint density at radius 1 is 1.32 bits per heavy atom. The van der Waals surface area contributed by atoms with Gasteiger partial charge in [0.25, 0.3) is 0 Å². The van der Waals surface area contributed by atoms with Crippen LogP contribution >= 0.6 is 0 Å². The lowest BCUT2D eigenvalue weighted by molar-refractivity contribution is 0.350. The van der Waals surface area contributed by atoms with Crippen molar-refractivity contribution in [2.75, 3.05) is 13.2 Å². The lowest BCUT2D eigenvalue weighted by atomic mass is 9.98. The molecule has 2 N–H and O–H groups in total. The summed E-state index contributed by atoms with van der Waals surface area (Å²) in [7, 11) is -3.52. The molecule has 0 aliphatic rings. The highest BCUT2D eigenvalue weighted by molar-refractivity contribution is 7.89. The largest absolute Gasteiger partial charge is 0.384 e. The molecule has 0 aromatic heterocycles. The molecule has 0 spiro atoms. The van der Waals surface area contributed by atoms with Gasteiger partial charge in [-0.2, -0.15) is 0 Å². The van der Waals surface area contributed by atoms with E-state index in [-0.39, 0.29) is 16.9 Å². The summed E-state index contributed by atoms with van der Waals surface area (Å²) in [4.78, 5) is 0.182. The molecular formula is C14H19NO3S. The number of hydrogen-bond donors (Lipinski definition) is 2. The highest BCUT2D eigenvalue weighted by atomic mass is 32.2. The first-order valence-corrected chi connectivity index (χ1v) is 7.42. The van der Waals surface area contributed by atoms with Gasteiger partial charge < -0.3 is 5.11 Å². The molecule has 0 saturated carbocycles. The number of aliphatic hydroxyl groups excluding tert-OH is 1. The Morgan fingerprint density at radius 3 is 2.58 bits per heavy atom. The van der Waals surface area contributed by atoms with Gasteiger partial charge in [-0.25, -0.2) is 13.1 Å². The molecule has 0 saturated heterocycles. The Morgan fingerprint density at radius 2 is 2.00 bits per heavy atom. The molecule has 1 aromatic carbocycles. The van der Waals surface area contributed by atoms with Gasteiger partial charge in [-0.05, 0) is 23.6 Å². The van der Waals surface area contributed by atoms with Crippen LogP contribution in [0.15, 0.2) is 29.2 Å². The van der Waals surface area contributed by atoms with Crippen LogP contribution in [-0.2, 0) is 10.0 Å². The zero-order chi connectivity index (χ0) is 14.5. The fraction of sp³-hybridized carbons (Fsp3) is 0.429. The zero-order valence-electron chi connectivity index (χ0n) is 11.4. The summed E-state index contributed by atoms with van der Waals surface area (Å²) >= 11 is 0. The summed E-state index contributed by atoms with van der Waals surface area (Å²) < 4.78 is 26.8. The van der Waals surface area contributed by atoms with Crippen molar-refractivity contribution < 1.29 is 13.5 Å². The zero-order valence-corrected chi connectivity index (χ0v) is 12.2. The summed E-state index contributed by atoms with van der Waals surface area (Å²) in [5.41, 5.74) is 0.439. The number of nitrogens with one attached hydrogen (secondary N) is 1. The molecule has 19 heavy (non-hydrogen) atoms. The SMILES string of the molecule is CC(C)(C)CNS(=O)(=O)c1cccc(C#CCO)c1. The molecule has 4 nitrogen and oxygen atoms in total. The van der Waals surface area contributed by atoms with Crippen LogP contribution in [0.2, 0.25) is 0 Å². The third-order valence-electron chi connectivity index (χ3n) is 2.25. The van der Waals surface area contributed by atoms with Gasteiger partial charge in [0.05, 0.1) is 4.90 Å². The van der Waals surface area contributed by atoms with E-state index in [1.165, 1.54) is 12.1 Å². The molecule has 1 rings (SSSR count). The topological polar surface area (TPSA) is 66.4 Å². The van der Waals surface area contributed by atoms with Gasteiger partial charge in [0.1, 0.15) is 6.61 Å². The van der Waals surface area contributed by atoms with Crippen molar-refractivity contribution in [2.24, 2.45) is 5.41 Å². The lowest BCUT2D eigenvalue weighted by Crippen LogP contribution is -2.32. The van der Waals surface area contributed by atoms with Crippen LogP contribution in [0.1, 0.15) is 26.3 Å². The Labute approximate surface area is 114 Å². The molecule has 0 aliphatic heterocycles. The van der Waals surface area contributed by atoms with Crippen LogP contribution < -0.4 is 4.72 Å². The number of aliphatic hydroxyl groups is 1. The molecule has 104 valence electrons. The molecule has 0 atom stereocenters. The molecule has 0 bridgehead atoms. The van der Waals surface area contributed by atoms with Crippen molar-refractivity contribution in [1.82, 2.24) is 4.72 Å². The minimum absolute atomic E-state index is 0.124. The van der Waals surface area contributed by atoms with Gasteiger partial charge in [0.15, 0.2) is 0 Å². The second-order valence-corrected chi connectivity index (χ2v) is 7.14. The van der Waals surface area contributed by atoms with E-state index < -0.39 is 10.0 Å². The fourth-order valence-corrected chi connectivity index (χ4v) is 2.61. The van der Waals surface area contributed by atoms with Gasteiger partial charge in [0.2, 0.25) is 10.0 Å². The van der Waals surface area contributed by atoms with Crippen molar-refractivity contribution in [3.63, 3.8) is 0 Å². The maximum atomic E-state index is 12.1. The van der Waals surface area contributed by atoms with Crippen molar-refractivity contribution in [3.8, 4) is 11.8 Å². The highest BCUT2D eigenvalue weighted by Crippen LogP contribution is 2.15. The molecule has 0 heterocycles. The van der Waals surface area contributed by atoms with Gasteiger partial charge in [0, 0.05) is 12.1 Å². The standard InChI is InChI=1S/C14H19NO3S/c1-14(2,3)11-15-19(17,18)13-8-4-6-12(10-13)7-5-9-16/h4,6,8,10,15-16H,9,11H2,1-3H3. The van der Waals surface area contributed by atoms with E-state index in [4.69, 9.17) is 5.11 Å². The normalized spacial score (nSPS) is 11.8. The monoisotopic (exact) mass is 281 g/mol. The molecule has 0 radical (unpaired) electrons. The Bertz CT molecular complexity index is 589. The quantitative estimate of drug-likeness (QED) is 0.822. The van der Waals surface area contributed by atoms with Crippen molar-refractivity contribution in [2.45, 2.75) is 25.7 Å². The summed E-state index contributed by atoms with van der Waals surface area (Å²) in [6.07, 6.45) is 0. The van der Waals surface area contributed by atoms with E-state index in [2.05, 4.69) is 16.6 Å². The molecule has 0 unspecified atom stereocenters. The highest BCUT2D eigenvalue weighted by Gasteiger charge is 2.18. The summed E-state index contributed by atoms with van der Waals surface area (Å²) in [5, 5.41) is 8.63. The minimum atomic E-state index is -3.52. The van der Waals surface area contributed by atoms with Gasteiger partial charge in [-0.3, -0.25) is 0 Å². The van der Waals surface area contributed by atoms with Crippen LogP contribution in [0.5, 0.6) is 0 Å². The number of sulfonamides is 1.